The zero-order valence-corrected chi connectivity index (χ0v) is 14.9. The quantitative estimate of drug-likeness (QED) is 0.748. The largest absolute Gasteiger partial charge is 0.354 e. The number of hydrogen-bond donors (Lipinski definition) is 2. The summed E-state index contributed by atoms with van der Waals surface area (Å²) in [6.45, 7) is 3.75. The van der Waals surface area contributed by atoms with Crippen LogP contribution in [0.5, 0.6) is 0 Å². The third-order valence-corrected chi connectivity index (χ3v) is 4.68. The van der Waals surface area contributed by atoms with Gasteiger partial charge >= 0.3 is 0 Å². The lowest BCUT2D eigenvalue weighted by molar-refractivity contribution is 0.102. The lowest BCUT2D eigenvalue weighted by Crippen LogP contribution is -2.29. The van der Waals surface area contributed by atoms with Crippen LogP contribution in [0, 0.1) is 11.3 Å². The molecule has 1 fully saturated rings. The van der Waals surface area contributed by atoms with Gasteiger partial charge < -0.3 is 15.5 Å². The van der Waals surface area contributed by atoms with Crippen molar-refractivity contribution in [2.24, 2.45) is 0 Å². The number of amides is 1. The Hall–Kier alpha value is -3.37. The molecule has 1 amide bonds. The number of fused-ring (bicyclic) bond motifs is 1. The second kappa shape index (κ2) is 7.48. The molecule has 1 aromatic carbocycles. The SMILES string of the molecule is N#Cc1ccccc1NC(=O)c1ccc2ccc(N3CCCNCC3)nn12. The summed E-state index contributed by atoms with van der Waals surface area (Å²) in [6.07, 6.45) is 1.06. The fourth-order valence-corrected chi connectivity index (χ4v) is 3.27. The second-order valence-electron chi connectivity index (χ2n) is 6.45. The number of nitrogens with one attached hydrogen (secondary N) is 2. The first-order valence-corrected chi connectivity index (χ1v) is 9.01. The van der Waals surface area contributed by atoms with E-state index < -0.39 is 0 Å². The Kier molecular flexibility index (Phi) is 4.73. The van der Waals surface area contributed by atoms with Gasteiger partial charge in [0.25, 0.3) is 5.91 Å². The fourth-order valence-electron chi connectivity index (χ4n) is 3.27. The van der Waals surface area contributed by atoms with Crippen LogP contribution < -0.4 is 15.5 Å². The van der Waals surface area contributed by atoms with Crippen molar-refractivity contribution in [3.63, 3.8) is 0 Å². The number of hydrogen-bond acceptors (Lipinski definition) is 5. The van der Waals surface area contributed by atoms with Crippen LogP contribution in [0.15, 0.2) is 48.5 Å². The van der Waals surface area contributed by atoms with Crippen LogP contribution in [0.3, 0.4) is 0 Å². The van der Waals surface area contributed by atoms with Crippen molar-refractivity contribution in [1.29, 1.82) is 5.26 Å². The van der Waals surface area contributed by atoms with E-state index in [1.807, 2.05) is 18.2 Å². The molecule has 2 aromatic heterocycles. The van der Waals surface area contributed by atoms with E-state index in [0.29, 0.717) is 16.9 Å². The van der Waals surface area contributed by atoms with Crippen LogP contribution in [0.4, 0.5) is 11.5 Å². The van der Waals surface area contributed by atoms with E-state index in [0.717, 1.165) is 43.9 Å². The first kappa shape index (κ1) is 17.1. The number of carbonyl (C=O) groups excluding carboxylic acids is 1. The molecule has 0 saturated carbocycles. The molecule has 136 valence electrons. The Labute approximate surface area is 157 Å². The van der Waals surface area contributed by atoms with Crippen molar-refractivity contribution in [2.75, 3.05) is 36.4 Å². The van der Waals surface area contributed by atoms with Crippen molar-refractivity contribution in [3.8, 4) is 6.07 Å². The van der Waals surface area contributed by atoms with Gasteiger partial charge in [0.1, 0.15) is 17.6 Å². The van der Waals surface area contributed by atoms with Gasteiger partial charge in [-0.3, -0.25) is 4.79 Å². The minimum Gasteiger partial charge on any atom is -0.354 e. The highest BCUT2D eigenvalue weighted by Crippen LogP contribution is 2.19. The molecule has 3 aromatic rings. The number of rotatable bonds is 3. The average molecular weight is 360 g/mol. The van der Waals surface area contributed by atoms with Gasteiger partial charge in [0.2, 0.25) is 0 Å². The molecule has 0 unspecified atom stereocenters. The average Bonchev–Trinajstić information content (AvgIpc) is 2.93. The molecule has 0 bridgehead atoms. The summed E-state index contributed by atoms with van der Waals surface area (Å²) < 4.78 is 1.66. The number of nitrogens with zero attached hydrogens (tertiary/aromatic N) is 4. The van der Waals surface area contributed by atoms with Crippen molar-refractivity contribution >= 4 is 22.9 Å². The maximum Gasteiger partial charge on any atom is 0.274 e. The summed E-state index contributed by atoms with van der Waals surface area (Å²) in [7, 11) is 0. The molecule has 4 rings (SSSR count). The lowest BCUT2D eigenvalue weighted by atomic mass is 10.2. The molecule has 0 radical (unpaired) electrons. The molecule has 0 aliphatic carbocycles. The topological polar surface area (TPSA) is 85.5 Å². The monoisotopic (exact) mass is 360 g/mol. The predicted molar refractivity (Wildman–Crippen MR) is 104 cm³/mol. The van der Waals surface area contributed by atoms with Gasteiger partial charge in [-0.15, -0.1) is 5.10 Å². The first-order chi connectivity index (χ1) is 13.3. The third-order valence-electron chi connectivity index (χ3n) is 4.68. The van der Waals surface area contributed by atoms with E-state index in [1.165, 1.54) is 0 Å². The summed E-state index contributed by atoms with van der Waals surface area (Å²) in [5.41, 5.74) is 2.21. The molecule has 7 heteroatoms. The maximum atomic E-state index is 12.8. The number of para-hydroxylation sites is 1. The Balaban J connectivity index is 1.64. The van der Waals surface area contributed by atoms with Crippen molar-refractivity contribution < 1.29 is 4.79 Å². The molecule has 2 N–H and O–H groups in total. The van der Waals surface area contributed by atoms with Crippen molar-refractivity contribution in [2.45, 2.75) is 6.42 Å². The predicted octanol–water partition coefficient (Wildman–Crippen LogP) is 2.26. The van der Waals surface area contributed by atoms with Crippen molar-refractivity contribution in [1.82, 2.24) is 14.9 Å². The van der Waals surface area contributed by atoms with Crippen LogP contribution in [-0.4, -0.2) is 41.7 Å². The molecule has 27 heavy (non-hydrogen) atoms. The number of anilines is 2. The van der Waals surface area contributed by atoms with Gasteiger partial charge in [-0.25, -0.2) is 4.52 Å². The normalized spacial score (nSPS) is 14.6. The highest BCUT2D eigenvalue weighted by atomic mass is 16.2. The van der Waals surface area contributed by atoms with Gasteiger partial charge in [0.15, 0.2) is 0 Å². The molecule has 3 heterocycles. The highest BCUT2D eigenvalue weighted by Gasteiger charge is 2.16. The standard InChI is InChI=1S/C20H20N6O/c21-14-15-4-1-2-5-17(15)23-20(27)18-8-6-16-7-9-19(24-26(16)18)25-12-3-10-22-11-13-25/h1-2,4-9,22H,3,10-13H2,(H,23,27). The number of carbonyl (C=O) groups is 1. The fraction of sp³-hybridized carbons (Fsp3) is 0.250. The summed E-state index contributed by atoms with van der Waals surface area (Å²) in [4.78, 5) is 15.0. The molecule has 0 atom stereocenters. The summed E-state index contributed by atoms with van der Waals surface area (Å²) in [6, 6.07) is 16.6. The zero-order chi connectivity index (χ0) is 18.6. The van der Waals surface area contributed by atoms with Gasteiger partial charge in [-0.05, 0) is 49.4 Å². The van der Waals surface area contributed by atoms with E-state index in [1.54, 1.807) is 34.8 Å². The maximum absolute atomic E-state index is 12.8. The summed E-state index contributed by atoms with van der Waals surface area (Å²) in [5, 5.41) is 20.1. The van der Waals surface area contributed by atoms with E-state index in [9.17, 15) is 10.1 Å². The highest BCUT2D eigenvalue weighted by molar-refractivity contribution is 6.04. The second-order valence-corrected chi connectivity index (χ2v) is 6.45. The molecule has 1 aliphatic rings. The third kappa shape index (κ3) is 3.48. The Bertz CT molecular complexity index is 1010. The summed E-state index contributed by atoms with van der Waals surface area (Å²) in [5.74, 6) is 0.564. The Morgan fingerprint density at radius 1 is 1.11 bits per heavy atom. The number of nitriles is 1. The van der Waals surface area contributed by atoms with E-state index in [-0.39, 0.29) is 5.91 Å². The molecule has 0 spiro atoms. The lowest BCUT2D eigenvalue weighted by Gasteiger charge is -2.21. The first-order valence-electron chi connectivity index (χ1n) is 9.01. The van der Waals surface area contributed by atoms with Crippen molar-refractivity contribution in [3.05, 3.63) is 59.8 Å². The van der Waals surface area contributed by atoms with Crippen LogP contribution >= 0.6 is 0 Å². The molecule has 1 saturated heterocycles. The van der Waals surface area contributed by atoms with Gasteiger partial charge in [-0.1, -0.05) is 12.1 Å². The van der Waals surface area contributed by atoms with Crippen LogP contribution in [0.2, 0.25) is 0 Å². The minimum atomic E-state index is -0.292. The van der Waals surface area contributed by atoms with E-state index in [2.05, 4.69) is 21.6 Å². The molecular weight excluding hydrogens is 340 g/mol. The van der Waals surface area contributed by atoms with Crippen LogP contribution in [0.25, 0.3) is 5.52 Å². The minimum absolute atomic E-state index is 0.292. The van der Waals surface area contributed by atoms with Gasteiger partial charge in [0.05, 0.1) is 16.8 Å². The summed E-state index contributed by atoms with van der Waals surface area (Å²) >= 11 is 0. The molecular formula is C20H20N6O. The van der Waals surface area contributed by atoms with Crippen LogP contribution in [-0.2, 0) is 0 Å². The van der Waals surface area contributed by atoms with Gasteiger partial charge in [0, 0.05) is 19.6 Å². The van der Waals surface area contributed by atoms with E-state index >= 15 is 0 Å². The number of benzene rings is 1. The van der Waals surface area contributed by atoms with Crippen LogP contribution in [0.1, 0.15) is 22.5 Å². The molecule has 1 aliphatic heterocycles. The smallest absolute Gasteiger partial charge is 0.274 e. The number of aromatic nitrogens is 2. The van der Waals surface area contributed by atoms with Gasteiger partial charge in [-0.2, -0.15) is 5.26 Å². The van der Waals surface area contributed by atoms with E-state index in [4.69, 9.17) is 5.10 Å². The molecule has 7 nitrogen and oxygen atoms in total. The Morgan fingerprint density at radius 3 is 2.85 bits per heavy atom. The Morgan fingerprint density at radius 2 is 1.96 bits per heavy atom. The zero-order valence-electron chi connectivity index (χ0n) is 14.9.